The lowest BCUT2D eigenvalue weighted by Crippen LogP contribution is -2.38. The van der Waals surface area contributed by atoms with Crippen molar-refractivity contribution < 1.29 is 9.47 Å². The lowest BCUT2D eigenvalue weighted by molar-refractivity contribution is 0.203. The molecule has 5 nitrogen and oxygen atoms in total. The first kappa shape index (κ1) is 19.3. The Labute approximate surface area is 140 Å². The first-order chi connectivity index (χ1) is 11.2. The minimum absolute atomic E-state index is 0.583. The molecule has 5 heteroatoms. The summed E-state index contributed by atoms with van der Waals surface area (Å²) < 4.78 is 11.0. The number of ether oxygens (including phenoxy) is 2. The van der Waals surface area contributed by atoms with E-state index in [0.29, 0.717) is 19.1 Å². The Balaban J connectivity index is 2.63. The second-order valence-electron chi connectivity index (χ2n) is 5.75. The third kappa shape index (κ3) is 8.45. The molecule has 0 aliphatic carbocycles. The van der Waals surface area contributed by atoms with Crippen LogP contribution in [0.1, 0.15) is 32.8 Å². The zero-order valence-corrected chi connectivity index (χ0v) is 14.9. The average molecular weight is 321 g/mol. The van der Waals surface area contributed by atoms with Gasteiger partial charge in [0.05, 0.1) is 19.8 Å². The molecule has 23 heavy (non-hydrogen) atoms. The van der Waals surface area contributed by atoms with Crippen LogP contribution in [0.25, 0.3) is 0 Å². The maximum absolute atomic E-state index is 5.91. The molecule has 1 rings (SSSR count). The maximum Gasteiger partial charge on any atom is 0.191 e. The third-order valence-corrected chi connectivity index (χ3v) is 3.28. The van der Waals surface area contributed by atoms with Gasteiger partial charge in [0.15, 0.2) is 5.96 Å². The fraction of sp³-hybridized carbons (Fsp3) is 0.611. The van der Waals surface area contributed by atoms with Crippen molar-refractivity contribution in [3.8, 4) is 5.75 Å². The Kier molecular flexibility index (Phi) is 9.87. The van der Waals surface area contributed by atoms with E-state index in [-0.39, 0.29) is 0 Å². The molecule has 0 atom stereocenters. The second kappa shape index (κ2) is 11.8. The van der Waals surface area contributed by atoms with E-state index in [0.717, 1.165) is 43.4 Å². The highest BCUT2D eigenvalue weighted by molar-refractivity contribution is 5.79. The molecule has 0 aliphatic rings. The summed E-state index contributed by atoms with van der Waals surface area (Å²) in [5.74, 6) is 2.36. The van der Waals surface area contributed by atoms with Gasteiger partial charge in [-0.3, -0.25) is 0 Å². The van der Waals surface area contributed by atoms with E-state index in [1.54, 1.807) is 7.11 Å². The van der Waals surface area contributed by atoms with Crippen molar-refractivity contribution >= 4 is 5.96 Å². The summed E-state index contributed by atoms with van der Waals surface area (Å²) in [6.45, 7) is 9.99. The Morgan fingerprint density at radius 3 is 2.65 bits per heavy atom. The molecule has 0 spiro atoms. The standard InChI is InChI=1S/C18H31N3O2/c1-5-19-18(20-11-13-22-4)21-14-16-8-6-7-9-17(16)23-12-10-15(2)3/h6-9,15H,5,10-14H2,1-4H3,(H2,19,20,21). The molecular weight excluding hydrogens is 290 g/mol. The molecule has 0 radical (unpaired) electrons. The van der Waals surface area contributed by atoms with E-state index in [1.165, 1.54) is 0 Å². The van der Waals surface area contributed by atoms with Crippen molar-refractivity contribution in [2.45, 2.75) is 33.7 Å². The van der Waals surface area contributed by atoms with Gasteiger partial charge >= 0.3 is 0 Å². The minimum Gasteiger partial charge on any atom is -0.493 e. The highest BCUT2D eigenvalue weighted by Gasteiger charge is 2.04. The SMILES string of the molecule is CCNC(=NCc1ccccc1OCCC(C)C)NCCOC. The fourth-order valence-corrected chi connectivity index (χ4v) is 1.96. The predicted octanol–water partition coefficient (Wildman–Crippen LogP) is 2.81. The van der Waals surface area contributed by atoms with Gasteiger partial charge < -0.3 is 20.1 Å². The zero-order chi connectivity index (χ0) is 16.9. The van der Waals surface area contributed by atoms with E-state index in [1.807, 2.05) is 18.2 Å². The fourth-order valence-electron chi connectivity index (χ4n) is 1.96. The van der Waals surface area contributed by atoms with Crippen LogP contribution in [-0.4, -0.2) is 39.4 Å². The predicted molar refractivity (Wildman–Crippen MR) is 96.1 cm³/mol. The molecule has 0 aliphatic heterocycles. The number of nitrogens with one attached hydrogen (secondary N) is 2. The second-order valence-corrected chi connectivity index (χ2v) is 5.75. The first-order valence-electron chi connectivity index (χ1n) is 8.39. The van der Waals surface area contributed by atoms with E-state index in [9.17, 15) is 0 Å². The van der Waals surface area contributed by atoms with Gasteiger partial charge in [-0.15, -0.1) is 0 Å². The van der Waals surface area contributed by atoms with E-state index in [4.69, 9.17) is 9.47 Å². The summed E-state index contributed by atoms with van der Waals surface area (Å²) in [6.07, 6.45) is 1.05. The molecular formula is C18H31N3O2. The zero-order valence-electron chi connectivity index (χ0n) is 14.9. The van der Waals surface area contributed by atoms with Gasteiger partial charge in [-0.1, -0.05) is 32.0 Å². The summed E-state index contributed by atoms with van der Waals surface area (Å²) >= 11 is 0. The molecule has 0 fully saturated rings. The van der Waals surface area contributed by atoms with Gasteiger partial charge in [0.25, 0.3) is 0 Å². The third-order valence-electron chi connectivity index (χ3n) is 3.28. The molecule has 0 unspecified atom stereocenters. The lowest BCUT2D eigenvalue weighted by Gasteiger charge is -2.13. The molecule has 130 valence electrons. The number of guanidine groups is 1. The maximum atomic E-state index is 5.91. The van der Waals surface area contributed by atoms with Crippen LogP contribution in [0.3, 0.4) is 0 Å². The van der Waals surface area contributed by atoms with E-state index < -0.39 is 0 Å². The van der Waals surface area contributed by atoms with Gasteiger partial charge in [0.2, 0.25) is 0 Å². The molecule has 0 amide bonds. The van der Waals surface area contributed by atoms with Crippen LogP contribution in [0, 0.1) is 5.92 Å². The highest BCUT2D eigenvalue weighted by Crippen LogP contribution is 2.19. The van der Waals surface area contributed by atoms with Gasteiger partial charge in [0, 0.05) is 25.8 Å². The Morgan fingerprint density at radius 1 is 1.17 bits per heavy atom. The largest absolute Gasteiger partial charge is 0.493 e. The Hall–Kier alpha value is -1.75. The van der Waals surface area contributed by atoms with E-state index in [2.05, 4.69) is 42.5 Å². The Bertz CT molecular complexity index is 461. The summed E-state index contributed by atoms with van der Waals surface area (Å²) in [7, 11) is 1.69. The van der Waals surface area contributed by atoms with Crippen molar-refractivity contribution in [2.75, 3.05) is 33.4 Å². The normalized spacial score (nSPS) is 11.6. The minimum atomic E-state index is 0.583. The van der Waals surface area contributed by atoms with Crippen molar-refractivity contribution in [1.82, 2.24) is 10.6 Å². The number of nitrogens with zero attached hydrogens (tertiary/aromatic N) is 1. The molecule has 2 N–H and O–H groups in total. The molecule has 0 bridgehead atoms. The van der Waals surface area contributed by atoms with Crippen LogP contribution in [0.5, 0.6) is 5.75 Å². The van der Waals surface area contributed by atoms with E-state index >= 15 is 0 Å². The van der Waals surface area contributed by atoms with Crippen molar-refractivity contribution in [2.24, 2.45) is 10.9 Å². The van der Waals surface area contributed by atoms with Gasteiger partial charge in [-0.05, 0) is 25.3 Å². The number of hydrogen-bond acceptors (Lipinski definition) is 3. The van der Waals surface area contributed by atoms with Crippen LogP contribution in [0.4, 0.5) is 0 Å². The van der Waals surface area contributed by atoms with Crippen LogP contribution in [0.2, 0.25) is 0 Å². The quantitative estimate of drug-likeness (QED) is 0.395. The monoisotopic (exact) mass is 321 g/mol. The summed E-state index contributed by atoms with van der Waals surface area (Å²) in [5.41, 5.74) is 1.10. The topological polar surface area (TPSA) is 54.9 Å². The summed E-state index contributed by atoms with van der Waals surface area (Å²) in [5, 5.41) is 6.47. The number of rotatable bonds is 10. The molecule has 1 aromatic carbocycles. The molecule has 0 aromatic heterocycles. The summed E-state index contributed by atoms with van der Waals surface area (Å²) in [6, 6.07) is 8.09. The number of para-hydroxylation sites is 1. The lowest BCUT2D eigenvalue weighted by atomic mass is 10.1. The van der Waals surface area contributed by atoms with Crippen LogP contribution in [-0.2, 0) is 11.3 Å². The van der Waals surface area contributed by atoms with Crippen molar-refractivity contribution in [3.63, 3.8) is 0 Å². The van der Waals surface area contributed by atoms with Crippen LogP contribution >= 0.6 is 0 Å². The highest BCUT2D eigenvalue weighted by atomic mass is 16.5. The number of methoxy groups -OCH3 is 1. The number of aliphatic imine (C=N–C) groups is 1. The van der Waals surface area contributed by atoms with Crippen LogP contribution in [0.15, 0.2) is 29.3 Å². The van der Waals surface area contributed by atoms with Crippen molar-refractivity contribution in [3.05, 3.63) is 29.8 Å². The average Bonchev–Trinajstić information content (AvgIpc) is 2.53. The van der Waals surface area contributed by atoms with Gasteiger partial charge in [0.1, 0.15) is 5.75 Å². The molecule has 0 saturated heterocycles. The molecule has 1 aromatic rings. The number of hydrogen-bond donors (Lipinski definition) is 2. The van der Waals surface area contributed by atoms with Crippen LogP contribution < -0.4 is 15.4 Å². The molecule has 0 heterocycles. The number of benzene rings is 1. The molecule has 0 saturated carbocycles. The summed E-state index contributed by atoms with van der Waals surface area (Å²) in [4.78, 5) is 4.62. The van der Waals surface area contributed by atoms with Gasteiger partial charge in [-0.2, -0.15) is 0 Å². The smallest absolute Gasteiger partial charge is 0.191 e. The Morgan fingerprint density at radius 2 is 1.96 bits per heavy atom. The first-order valence-corrected chi connectivity index (χ1v) is 8.39. The van der Waals surface area contributed by atoms with Crippen molar-refractivity contribution in [1.29, 1.82) is 0 Å². The van der Waals surface area contributed by atoms with Gasteiger partial charge in [-0.25, -0.2) is 4.99 Å².